The number of benzene rings is 2. The number of aromatic amines is 1. The number of ether oxygens (including phenoxy) is 1. The summed E-state index contributed by atoms with van der Waals surface area (Å²) >= 11 is 18.1. The highest BCUT2D eigenvalue weighted by atomic mass is 35.6. The highest BCUT2D eigenvalue weighted by Gasteiger charge is 2.30. The van der Waals surface area contributed by atoms with Crippen LogP contribution in [-0.2, 0) is 32.8 Å². The molecule has 0 amide bonds. The molecule has 6 heteroatoms. The molecule has 1 unspecified atom stereocenters. The van der Waals surface area contributed by atoms with E-state index in [1.165, 1.54) is 0 Å². The Morgan fingerprint density at radius 2 is 1.93 bits per heavy atom. The number of fused-ring (bicyclic) bond motifs is 3. The minimum atomic E-state index is -1.47. The van der Waals surface area contributed by atoms with E-state index in [4.69, 9.17) is 39.5 Å². The molecule has 0 radical (unpaired) electrons. The topological polar surface area (TPSA) is 42.1 Å². The van der Waals surface area contributed by atoms with Crippen molar-refractivity contribution in [3.63, 3.8) is 0 Å². The molecule has 2 aromatic carbocycles. The standard InChI is InChI=1S/C21H18Cl3NO2/c22-21(23,24)15-7-9-19-17(11-15)16-10-14(6-8-18(16)25-19)20(26)27-12-13-4-2-1-3-5-13/h1-5,7,9,11,14,25H,6,8,10,12H2. The van der Waals surface area contributed by atoms with Crippen LogP contribution in [0.4, 0.5) is 0 Å². The highest BCUT2D eigenvalue weighted by molar-refractivity contribution is 6.66. The van der Waals surface area contributed by atoms with Gasteiger partial charge in [0.1, 0.15) is 6.61 Å². The minimum absolute atomic E-state index is 0.156. The summed E-state index contributed by atoms with van der Waals surface area (Å²) in [5.41, 5.74) is 4.88. The number of aryl methyl sites for hydroxylation is 1. The van der Waals surface area contributed by atoms with Gasteiger partial charge in [0.15, 0.2) is 0 Å². The largest absolute Gasteiger partial charge is 0.461 e. The summed E-state index contributed by atoms with van der Waals surface area (Å²) in [6.45, 7) is 0.300. The van der Waals surface area contributed by atoms with Gasteiger partial charge in [0, 0.05) is 22.2 Å². The number of hydrogen-bond acceptors (Lipinski definition) is 2. The van der Waals surface area contributed by atoms with Crippen LogP contribution >= 0.6 is 34.8 Å². The van der Waals surface area contributed by atoms with Gasteiger partial charge < -0.3 is 9.72 Å². The molecule has 4 rings (SSSR count). The Morgan fingerprint density at radius 3 is 2.67 bits per heavy atom. The SMILES string of the molecule is O=C(OCc1ccccc1)C1CCc2[nH]c3ccc(C(Cl)(Cl)Cl)cc3c2C1. The van der Waals surface area contributed by atoms with E-state index in [9.17, 15) is 4.79 Å². The van der Waals surface area contributed by atoms with Crippen LogP contribution < -0.4 is 0 Å². The number of nitrogens with one attached hydrogen (secondary N) is 1. The third-order valence-electron chi connectivity index (χ3n) is 5.07. The summed E-state index contributed by atoms with van der Waals surface area (Å²) in [5, 5.41) is 1.01. The fraction of sp³-hybridized carbons (Fsp3) is 0.286. The molecule has 1 aliphatic carbocycles. The zero-order chi connectivity index (χ0) is 19.0. The van der Waals surface area contributed by atoms with Crippen LogP contribution in [0, 0.1) is 5.92 Å². The lowest BCUT2D eigenvalue weighted by atomic mass is 9.86. The summed E-state index contributed by atoms with van der Waals surface area (Å²) < 4.78 is 4.07. The molecule has 3 aromatic rings. The molecule has 0 aliphatic heterocycles. The van der Waals surface area contributed by atoms with E-state index in [0.29, 0.717) is 18.6 Å². The second-order valence-corrected chi connectivity index (χ2v) is 9.15. The van der Waals surface area contributed by atoms with E-state index in [1.54, 1.807) is 0 Å². The Bertz CT molecular complexity index is 976. The Kier molecular flexibility index (Phi) is 5.11. The normalized spacial score (nSPS) is 16.9. The predicted octanol–water partition coefficient (Wildman–Crippen LogP) is 5.84. The molecule has 0 bridgehead atoms. The summed E-state index contributed by atoms with van der Waals surface area (Å²) in [4.78, 5) is 16.0. The van der Waals surface area contributed by atoms with Crippen molar-refractivity contribution < 1.29 is 9.53 Å². The second kappa shape index (κ2) is 7.38. The van der Waals surface area contributed by atoms with Crippen LogP contribution in [0.15, 0.2) is 48.5 Å². The van der Waals surface area contributed by atoms with Gasteiger partial charge in [-0.25, -0.2) is 0 Å². The molecule has 140 valence electrons. The van der Waals surface area contributed by atoms with Gasteiger partial charge in [0.05, 0.1) is 5.92 Å². The van der Waals surface area contributed by atoms with Gasteiger partial charge in [0.25, 0.3) is 0 Å². The maximum absolute atomic E-state index is 12.6. The summed E-state index contributed by atoms with van der Waals surface area (Å²) in [5.74, 6) is -0.312. The quantitative estimate of drug-likeness (QED) is 0.425. The van der Waals surface area contributed by atoms with Crippen molar-refractivity contribution >= 4 is 51.7 Å². The van der Waals surface area contributed by atoms with Gasteiger partial charge in [-0.05, 0) is 42.5 Å². The number of carbonyl (C=O) groups excluding carboxylic acids is 1. The Labute approximate surface area is 172 Å². The van der Waals surface area contributed by atoms with Gasteiger partial charge in [-0.1, -0.05) is 71.2 Å². The second-order valence-electron chi connectivity index (χ2n) is 6.87. The van der Waals surface area contributed by atoms with E-state index in [2.05, 4.69) is 4.98 Å². The monoisotopic (exact) mass is 421 g/mol. The maximum atomic E-state index is 12.6. The first-order valence-electron chi connectivity index (χ1n) is 8.83. The molecule has 0 fully saturated rings. The van der Waals surface area contributed by atoms with Gasteiger partial charge >= 0.3 is 5.97 Å². The first-order chi connectivity index (χ1) is 12.9. The van der Waals surface area contributed by atoms with Gasteiger partial charge in [0.2, 0.25) is 3.79 Å². The lowest BCUT2D eigenvalue weighted by Crippen LogP contribution is -2.24. The lowest BCUT2D eigenvalue weighted by Gasteiger charge is -2.21. The average Bonchev–Trinajstić information content (AvgIpc) is 3.03. The molecular formula is C21H18Cl3NO2. The number of rotatable bonds is 3. The Balaban J connectivity index is 1.54. The van der Waals surface area contributed by atoms with Crippen LogP contribution in [0.25, 0.3) is 10.9 Å². The van der Waals surface area contributed by atoms with E-state index in [-0.39, 0.29) is 11.9 Å². The molecule has 3 nitrogen and oxygen atoms in total. The molecule has 0 spiro atoms. The van der Waals surface area contributed by atoms with E-state index in [0.717, 1.165) is 40.6 Å². The predicted molar refractivity (Wildman–Crippen MR) is 109 cm³/mol. The smallest absolute Gasteiger partial charge is 0.309 e. The third-order valence-corrected chi connectivity index (χ3v) is 5.73. The lowest BCUT2D eigenvalue weighted by molar-refractivity contribution is -0.150. The van der Waals surface area contributed by atoms with Crippen molar-refractivity contribution in [2.24, 2.45) is 5.92 Å². The van der Waals surface area contributed by atoms with Crippen molar-refractivity contribution in [1.29, 1.82) is 0 Å². The number of carbonyl (C=O) groups is 1. The van der Waals surface area contributed by atoms with Crippen molar-refractivity contribution in [3.05, 3.63) is 70.9 Å². The number of halogens is 3. The Hall–Kier alpha value is -1.68. The van der Waals surface area contributed by atoms with E-state index < -0.39 is 3.79 Å². The highest BCUT2D eigenvalue weighted by Crippen LogP contribution is 2.41. The molecule has 1 aromatic heterocycles. The Morgan fingerprint density at radius 1 is 1.15 bits per heavy atom. The van der Waals surface area contributed by atoms with Crippen LogP contribution in [-0.4, -0.2) is 11.0 Å². The van der Waals surface area contributed by atoms with Gasteiger partial charge in [-0.3, -0.25) is 4.79 Å². The molecule has 1 aliphatic rings. The summed E-state index contributed by atoms with van der Waals surface area (Å²) in [6, 6.07) is 15.3. The maximum Gasteiger partial charge on any atom is 0.309 e. The van der Waals surface area contributed by atoms with Crippen molar-refractivity contribution in [1.82, 2.24) is 4.98 Å². The van der Waals surface area contributed by atoms with E-state index in [1.807, 2.05) is 48.5 Å². The van der Waals surface area contributed by atoms with Crippen LogP contribution in [0.5, 0.6) is 0 Å². The van der Waals surface area contributed by atoms with Crippen LogP contribution in [0.3, 0.4) is 0 Å². The van der Waals surface area contributed by atoms with Crippen molar-refractivity contribution in [3.8, 4) is 0 Å². The minimum Gasteiger partial charge on any atom is -0.461 e. The number of aromatic nitrogens is 1. The van der Waals surface area contributed by atoms with Crippen LogP contribution in [0.1, 0.15) is 28.8 Å². The van der Waals surface area contributed by atoms with Crippen LogP contribution in [0.2, 0.25) is 0 Å². The first kappa shape index (κ1) is 18.7. The third kappa shape index (κ3) is 3.96. The summed E-state index contributed by atoms with van der Waals surface area (Å²) in [7, 11) is 0. The van der Waals surface area contributed by atoms with Crippen molar-refractivity contribution in [2.75, 3.05) is 0 Å². The van der Waals surface area contributed by atoms with E-state index >= 15 is 0 Å². The number of hydrogen-bond donors (Lipinski definition) is 1. The number of alkyl halides is 3. The summed E-state index contributed by atoms with van der Waals surface area (Å²) in [6.07, 6.45) is 2.20. The fourth-order valence-corrected chi connectivity index (χ4v) is 3.99. The van der Waals surface area contributed by atoms with Crippen molar-refractivity contribution in [2.45, 2.75) is 29.7 Å². The average molecular weight is 423 g/mol. The number of esters is 1. The molecule has 1 atom stereocenters. The number of H-pyrrole nitrogens is 1. The molecule has 1 heterocycles. The molecule has 0 saturated heterocycles. The zero-order valence-electron chi connectivity index (χ0n) is 14.5. The van der Waals surface area contributed by atoms with Gasteiger partial charge in [-0.2, -0.15) is 0 Å². The molecule has 1 N–H and O–H groups in total. The van der Waals surface area contributed by atoms with Gasteiger partial charge in [-0.15, -0.1) is 0 Å². The fourth-order valence-electron chi connectivity index (χ4n) is 3.64. The molecular weight excluding hydrogens is 405 g/mol. The molecule has 0 saturated carbocycles. The first-order valence-corrected chi connectivity index (χ1v) is 9.96. The molecule has 27 heavy (non-hydrogen) atoms. The zero-order valence-corrected chi connectivity index (χ0v) is 16.7.